The van der Waals surface area contributed by atoms with Gasteiger partial charge in [-0.05, 0) is 50.8 Å². The van der Waals surface area contributed by atoms with Gasteiger partial charge < -0.3 is 10.1 Å². The summed E-state index contributed by atoms with van der Waals surface area (Å²) in [6, 6.07) is 6.81. The average Bonchev–Trinajstić information content (AvgIpc) is 2.94. The zero-order valence-corrected chi connectivity index (χ0v) is 17.0. The van der Waals surface area contributed by atoms with Gasteiger partial charge in [-0.2, -0.15) is 0 Å². The van der Waals surface area contributed by atoms with E-state index in [1.807, 2.05) is 26.0 Å². The van der Waals surface area contributed by atoms with Crippen molar-refractivity contribution < 1.29 is 19.1 Å². The van der Waals surface area contributed by atoms with Gasteiger partial charge in [0, 0.05) is 12.6 Å². The van der Waals surface area contributed by atoms with Crippen LogP contribution in [0.3, 0.4) is 0 Å². The molecule has 6 heteroatoms. The predicted molar refractivity (Wildman–Crippen MR) is 113 cm³/mol. The van der Waals surface area contributed by atoms with Gasteiger partial charge in [-0.15, -0.1) is 0 Å². The number of imide groups is 1. The first-order valence-electron chi connectivity index (χ1n) is 9.80. The Hall–Kier alpha value is -3.15. The largest absolute Gasteiger partial charge is 0.445 e. The maximum absolute atomic E-state index is 12.3. The van der Waals surface area contributed by atoms with Crippen LogP contribution in [0, 0.1) is 0 Å². The Morgan fingerprint density at radius 1 is 1.21 bits per heavy atom. The van der Waals surface area contributed by atoms with E-state index in [1.54, 1.807) is 36.4 Å². The molecule has 0 fully saturated rings. The third-order valence-electron chi connectivity index (χ3n) is 4.59. The van der Waals surface area contributed by atoms with Crippen LogP contribution in [0.15, 0.2) is 60.7 Å². The van der Waals surface area contributed by atoms with Crippen LogP contribution in [0.1, 0.15) is 53.8 Å². The van der Waals surface area contributed by atoms with Crippen molar-refractivity contribution in [3.8, 4) is 0 Å². The molecule has 1 aliphatic rings. The van der Waals surface area contributed by atoms with Crippen LogP contribution in [0.4, 0.5) is 4.79 Å². The quantitative estimate of drug-likeness (QED) is 0.364. The van der Waals surface area contributed by atoms with Crippen molar-refractivity contribution in [2.45, 2.75) is 39.2 Å². The molecule has 0 aliphatic carbocycles. The van der Waals surface area contributed by atoms with Gasteiger partial charge in [0.15, 0.2) is 0 Å². The van der Waals surface area contributed by atoms with E-state index in [4.69, 9.17) is 4.74 Å². The number of carbonyl (C=O) groups excluding carboxylic acids is 3. The van der Waals surface area contributed by atoms with E-state index in [0.29, 0.717) is 24.1 Å². The minimum absolute atomic E-state index is 0.0711. The first-order valence-corrected chi connectivity index (χ1v) is 9.80. The molecule has 0 spiro atoms. The summed E-state index contributed by atoms with van der Waals surface area (Å²) >= 11 is 0. The molecule has 0 saturated heterocycles. The zero-order valence-electron chi connectivity index (χ0n) is 17.0. The standard InChI is InChI=1S/C23H28N2O4/c1-4-10-18(11-5-2)16-29-23(28)24-17(3)12-8-9-15-25-21(26)19-13-6-7-14-20(19)22(25)27/h4-7,10-11,13-14,17H,1,8-9,12,15-16H2,2-3H3,(H,24,28)/b11-5-,18-10+. The normalized spacial score (nSPS) is 14.8. The molecule has 29 heavy (non-hydrogen) atoms. The highest BCUT2D eigenvalue weighted by Crippen LogP contribution is 2.22. The minimum Gasteiger partial charge on any atom is -0.445 e. The summed E-state index contributed by atoms with van der Waals surface area (Å²) in [6.07, 6.45) is 8.86. The summed E-state index contributed by atoms with van der Waals surface area (Å²) in [6.45, 7) is 7.98. The maximum Gasteiger partial charge on any atom is 0.407 e. The molecule has 154 valence electrons. The predicted octanol–water partition coefficient (Wildman–Crippen LogP) is 4.26. The van der Waals surface area contributed by atoms with E-state index in [9.17, 15) is 14.4 Å². The van der Waals surface area contributed by atoms with E-state index in [2.05, 4.69) is 11.9 Å². The highest BCUT2D eigenvalue weighted by molar-refractivity contribution is 6.21. The lowest BCUT2D eigenvalue weighted by Gasteiger charge is -2.16. The molecule has 1 unspecified atom stereocenters. The van der Waals surface area contributed by atoms with Gasteiger partial charge in [0.2, 0.25) is 0 Å². The molecule has 2 rings (SSSR count). The maximum atomic E-state index is 12.3. The van der Waals surface area contributed by atoms with E-state index in [-0.39, 0.29) is 24.5 Å². The van der Waals surface area contributed by atoms with Crippen LogP contribution < -0.4 is 5.32 Å². The summed E-state index contributed by atoms with van der Waals surface area (Å²) in [5.74, 6) is -0.463. The number of benzene rings is 1. The summed E-state index contributed by atoms with van der Waals surface area (Å²) in [5, 5.41) is 2.79. The lowest BCUT2D eigenvalue weighted by Crippen LogP contribution is -2.34. The van der Waals surface area contributed by atoms with Gasteiger partial charge in [-0.25, -0.2) is 4.79 Å². The molecule has 0 aromatic heterocycles. The smallest absolute Gasteiger partial charge is 0.407 e. The second-order valence-corrected chi connectivity index (χ2v) is 6.90. The lowest BCUT2D eigenvalue weighted by molar-refractivity contribution is 0.0651. The highest BCUT2D eigenvalue weighted by atomic mass is 16.5. The molecule has 6 nitrogen and oxygen atoms in total. The van der Waals surface area contributed by atoms with Gasteiger partial charge in [-0.3, -0.25) is 14.5 Å². The number of ether oxygens (including phenoxy) is 1. The Balaban J connectivity index is 1.69. The molecule has 0 saturated carbocycles. The van der Waals surface area contributed by atoms with E-state index < -0.39 is 6.09 Å². The Bertz CT molecular complexity index is 791. The van der Waals surface area contributed by atoms with E-state index in [1.165, 1.54) is 4.90 Å². The van der Waals surface area contributed by atoms with Gasteiger partial charge in [-0.1, -0.05) is 43.0 Å². The molecular weight excluding hydrogens is 368 g/mol. The highest BCUT2D eigenvalue weighted by Gasteiger charge is 2.34. The third-order valence-corrected chi connectivity index (χ3v) is 4.59. The number of nitrogens with one attached hydrogen (secondary N) is 1. The molecule has 1 aromatic carbocycles. The van der Waals surface area contributed by atoms with Crippen molar-refractivity contribution in [1.82, 2.24) is 10.2 Å². The van der Waals surface area contributed by atoms with E-state index >= 15 is 0 Å². The van der Waals surface area contributed by atoms with Crippen LogP contribution in [-0.4, -0.2) is 42.0 Å². The summed E-state index contributed by atoms with van der Waals surface area (Å²) in [7, 11) is 0. The molecule has 1 atom stereocenters. The number of nitrogens with zero attached hydrogens (tertiary/aromatic N) is 1. The van der Waals surface area contributed by atoms with Crippen molar-refractivity contribution in [2.75, 3.05) is 13.2 Å². The fourth-order valence-electron chi connectivity index (χ4n) is 3.14. The third kappa shape index (κ3) is 6.17. The first kappa shape index (κ1) is 22.1. The fourth-order valence-corrected chi connectivity index (χ4v) is 3.14. The van der Waals surface area contributed by atoms with E-state index in [0.717, 1.165) is 18.4 Å². The molecular formula is C23H28N2O4. The van der Waals surface area contributed by atoms with Crippen LogP contribution >= 0.6 is 0 Å². The van der Waals surface area contributed by atoms with Crippen molar-refractivity contribution >= 4 is 17.9 Å². The first-order chi connectivity index (χ1) is 14.0. The van der Waals surface area contributed by atoms with Crippen LogP contribution in [0.2, 0.25) is 0 Å². The summed E-state index contributed by atoms with van der Waals surface area (Å²) < 4.78 is 5.22. The van der Waals surface area contributed by atoms with Gasteiger partial charge in [0.05, 0.1) is 11.1 Å². The van der Waals surface area contributed by atoms with Gasteiger partial charge >= 0.3 is 6.09 Å². The Morgan fingerprint density at radius 2 is 1.86 bits per heavy atom. The molecule has 1 aliphatic heterocycles. The molecule has 1 aromatic rings. The zero-order chi connectivity index (χ0) is 21.2. The topological polar surface area (TPSA) is 75.7 Å². The molecule has 0 radical (unpaired) electrons. The number of hydrogen-bond donors (Lipinski definition) is 1. The SMILES string of the molecule is C=C/C=C(\C=C/C)COC(=O)NC(C)CCCCN1C(=O)c2ccccc2C1=O. The summed E-state index contributed by atoms with van der Waals surface area (Å²) in [4.78, 5) is 37.8. The Morgan fingerprint density at radius 3 is 2.45 bits per heavy atom. The fraction of sp³-hybridized carbons (Fsp3) is 0.348. The summed E-state index contributed by atoms with van der Waals surface area (Å²) in [5.41, 5.74) is 1.79. The van der Waals surface area contributed by atoms with Crippen LogP contribution in [0.25, 0.3) is 0 Å². The van der Waals surface area contributed by atoms with Crippen LogP contribution in [0.5, 0.6) is 0 Å². The van der Waals surface area contributed by atoms with Crippen molar-refractivity contribution in [3.05, 3.63) is 71.8 Å². The average molecular weight is 396 g/mol. The second kappa shape index (κ2) is 11.0. The van der Waals surface area contributed by atoms with Crippen molar-refractivity contribution in [2.24, 2.45) is 0 Å². The molecule has 0 bridgehead atoms. The number of unbranched alkanes of at least 4 members (excludes halogenated alkanes) is 1. The number of fused-ring (bicyclic) bond motifs is 1. The Kier molecular flexibility index (Phi) is 8.40. The number of allylic oxidation sites excluding steroid dienone is 3. The molecule has 1 N–H and O–H groups in total. The van der Waals surface area contributed by atoms with Gasteiger partial charge in [0.1, 0.15) is 6.61 Å². The number of alkyl carbamates (subject to hydrolysis) is 1. The second-order valence-electron chi connectivity index (χ2n) is 6.90. The van der Waals surface area contributed by atoms with Crippen molar-refractivity contribution in [1.29, 1.82) is 0 Å². The number of carbonyl (C=O) groups is 3. The molecule has 1 heterocycles. The van der Waals surface area contributed by atoms with Crippen LogP contribution in [-0.2, 0) is 4.74 Å². The number of hydrogen-bond acceptors (Lipinski definition) is 4. The van der Waals surface area contributed by atoms with Gasteiger partial charge in [0.25, 0.3) is 11.8 Å². The number of amides is 3. The van der Waals surface area contributed by atoms with Crippen molar-refractivity contribution in [3.63, 3.8) is 0 Å². The Labute approximate surface area is 171 Å². The lowest BCUT2D eigenvalue weighted by atomic mass is 10.1. The number of rotatable bonds is 10. The molecule has 3 amide bonds. The minimum atomic E-state index is -0.475. The monoisotopic (exact) mass is 396 g/mol.